The SMILES string of the molecule is COc1cc(N2CCC(N(C)CCCOc3ccc(N4CCC(=O)N(COCC[Si](C)(C)C)C4=O)cc3)CC2)c(C)cc1Nc1ncc(Br)c(Nc2ccc3nccnc3c2P(C)(C)=O)n1. The number of rotatable bonds is 19. The zero-order valence-corrected chi connectivity index (χ0v) is 42.7. The Kier molecular flexibility index (Phi) is 15.7. The van der Waals surface area contributed by atoms with Crippen molar-refractivity contribution in [1.82, 2.24) is 29.7 Å². The first-order valence-corrected chi connectivity index (χ1v) is 29.5. The minimum atomic E-state index is -2.77. The van der Waals surface area contributed by atoms with Gasteiger partial charge >= 0.3 is 6.03 Å². The topological polar surface area (TPSA) is 167 Å². The summed E-state index contributed by atoms with van der Waals surface area (Å²) in [6.07, 6.45) is 8.10. The third-order valence-electron chi connectivity index (χ3n) is 11.9. The number of halogens is 1. The summed E-state index contributed by atoms with van der Waals surface area (Å²) in [5, 5.41) is 7.34. The summed E-state index contributed by atoms with van der Waals surface area (Å²) in [5.74, 6) is 2.08. The molecule has 66 heavy (non-hydrogen) atoms. The van der Waals surface area contributed by atoms with Crippen LogP contribution in [0.5, 0.6) is 11.5 Å². The largest absolute Gasteiger partial charge is 0.494 e. The Bertz CT molecular complexity index is 2570. The number of carbonyl (C=O) groups excluding carboxylic acids is 2. The zero-order chi connectivity index (χ0) is 47.2. The van der Waals surface area contributed by atoms with E-state index in [9.17, 15) is 14.2 Å². The van der Waals surface area contributed by atoms with E-state index in [4.69, 9.17) is 19.2 Å². The number of nitrogens with zero attached hydrogens (tertiary/aromatic N) is 8. The summed E-state index contributed by atoms with van der Waals surface area (Å²) in [5.41, 5.74) is 5.61. The van der Waals surface area contributed by atoms with Gasteiger partial charge in [0.25, 0.3) is 0 Å². The van der Waals surface area contributed by atoms with Gasteiger partial charge in [-0.2, -0.15) is 4.98 Å². The van der Waals surface area contributed by atoms with Crippen molar-refractivity contribution in [2.45, 2.75) is 64.3 Å². The molecular weight excluding hydrogens is 940 g/mol. The third kappa shape index (κ3) is 12.1. The maximum Gasteiger partial charge on any atom is 0.333 e. The van der Waals surface area contributed by atoms with Crippen molar-refractivity contribution in [1.29, 1.82) is 0 Å². The predicted molar refractivity (Wildman–Crippen MR) is 270 cm³/mol. The van der Waals surface area contributed by atoms with Gasteiger partial charge in [0.15, 0.2) is 0 Å². The van der Waals surface area contributed by atoms with Gasteiger partial charge in [-0.15, -0.1) is 0 Å². The molecule has 7 rings (SSSR count). The molecule has 4 heterocycles. The Labute approximate surface area is 397 Å². The number of hydrogen-bond acceptors (Lipinski definition) is 14. The number of ether oxygens (including phenoxy) is 3. The van der Waals surface area contributed by atoms with E-state index in [1.807, 2.05) is 36.4 Å². The molecule has 0 atom stereocenters. The molecule has 19 heteroatoms. The fourth-order valence-corrected chi connectivity index (χ4v) is 10.7. The summed E-state index contributed by atoms with van der Waals surface area (Å²) in [7, 11) is -0.193. The fourth-order valence-electron chi connectivity index (χ4n) is 8.26. The number of methoxy groups -OCH3 is 1. The Hall–Kier alpha value is -5.13. The van der Waals surface area contributed by atoms with Gasteiger partial charge in [-0.25, -0.2) is 14.7 Å². The highest BCUT2D eigenvalue weighted by Gasteiger charge is 2.33. The van der Waals surface area contributed by atoms with Crippen LogP contribution in [0.1, 0.15) is 31.2 Å². The molecule has 0 saturated carbocycles. The van der Waals surface area contributed by atoms with Gasteiger partial charge in [0.05, 0.1) is 40.4 Å². The number of benzene rings is 3. The quantitative estimate of drug-likeness (QED) is 0.0457. The molecule has 2 aliphatic rings. The van der Waals surface area contributed by atoms with E-state index in [-0.39, 0.29) is 25.1 Å². The normalized spacial score (nSPS) is 15.2. The molecule has 3 aromatic carbocycles. The molecule has 2 N–H and O–H groups in total. The standard InChI is InChI=1S/C47H62BrN10O6PSi/c1-32-28-39(53-46-51-30-36(48)45(54-46)52-38-15-14-37-43(50-20-19-49-37)44(38)65(4,5)61)41(62-3)29-40(32)56-22-16-33(17-23-56)55(2)21-9-25-64-35-12-10-34(11-13-35)57-24-18-42(59)58(47(57)60)31-63-26-27-66(6,7)8/h10-15,19-20,28-30,33H,9,16-18,21-27,31H2,1-8H3,(H2,51,52,53,54). The van der Waals surface area contributed by atoms with Crippen LogP contribution in [-0.2, 0) is 14.1 Å². The smallest absolute Gasteiger partial charge is 0.333 e. The average molecular weight is 1000 g/mol. The molecular formula is C47H62BrN10O6PSi. The number of aromatic nitrogens is 4. The van der Waals surface area contributed by atoms with Gasteiger partial charge in [0.2, 0.25) is 11.9 Å². The number of nitrogens with one attached hydrogen (secondary N) is 2. The minimum Gasteiger partial charge on any atom is -0.494 e. The molecule has 0 radical (unpaired) electrons. The van der Waals surface area contributed by atoms with Crippen LogP contribution < -0.4 is 35.2 Å². The summed E-state index contributed by atoms with van der Waals surface area (Å²) < 4.78 is 31.9. The van der Waals surface area contributed by atoms with Gasteiger partial charge in [-0.05, 0) is 117 Å². The van der Waals surface area contributed by atoms with Crippen LogP contribution in [0.25, 0.3) is 11.0 Å². The van der Waals surface area contributed by atoms with Crippen molar-refractivity contribution in [2.24, 2.45) is 0 Å². The predicted octanol–water partition coefficient (Wildman–Crippen LogP) is 9.08. The van der Waals surface area contributed by atoms with Crippen molar-refractivity contribution >= 4 is 93.9 Å². The minimum absolute atomic E-state index is 0.0148. The number of imide groups is 1. The Morgan fingerprint density at radius 1 is 0.939 bits per heavy atom. The van der Waals surface area contributed by atoms with Crippen LogP contribution >= 0.6 is 23.1 Å². The molecule has 2 aromatic heterocycles. The lowest BCUT2D eigenvalue weighted by atomic mass is 10.0. The summed E-state index contributed by atoms with van der Waals surface area (Å²) in [6, 6.07) is 16.5. The maximum atomic E-state index is 13.5. The van der Waals surface area contributed by atoms with Crippen LogP contribution in [0, 0.1) is 6.92 Å². The van der Waals surface area contributed by atoms with Gasteiger partial charge in [0, 0.05) is 89.4 Å². The highest BCUT2D eigenvalue weighted by Crippen LogP contribution is 2.42. The first-order chi connectivity index (χ1) is 31.5. The van der Waals surface area contributed by atoms with Gasteiger partial charge in [-0.3, -0.25) is 19.7 Å². The lowest BCUT2D eigenvalue weighted by Crippen LogP contribution is -2.53. The molecule has 2 saturated heterocycles. The number of fused-ring (bicyclic) bond motifs is 1. The highest BCUT2D eigenvalue weighted by molar-refractivity contribution is 9.10. The number of urea groups is 1. The lowest BCUT2D eigenvalue weighted by molar-refractivity contribution is -0.133. The van der Waals surface area contributed by atoms with Crippen LogP contribution in [0.2, 0.25) is 25.7 Å². The van der Waals surface area contributed by atoms with Gasteiger partial charge in [-0.1, -0.05) is 19.6 Å². The first-order valence-electron chi connectivity index (χ1n) is 22.4. The maximum absolute atomic E-state index is 13.5. The van der Waals surface area contributed by atoms with E-state index >= 15 is 0 Å². The second-order valence-corrected chi connectivity index (χ2v) is 28.1. The molecule has 3 amide bonds. The number of carbonyl (C=O) groups is 2. The van der Waals surface area contributed by atoms with E-state index in [1.54, 1.807) is 43.9 Å². The molecule has 16 nitrogen and oxygen atoms in total. The number of piperidine rings is 1. The molecule has 0 spiro atoms. The summed E-state index contributed by atoms with van der Waals surface area (Å²) in [6.45, 7) is 16.6. The molecule has 5 aromatic rings. The molecule has 2 aliphatic heterocycles. The number of amides is 3. The van der Waals surface area contributed by atoms with Crippen molar-refractivity contribution in [2.75, 3.05) is 94.0 Å². The molecule has 352 valence electrons. The van der Waals surface area contributed by atoms with Crippen LogP contribution in [-0.4, -0.2) is 129 Å². The van der Waals surface area contributed by atoms with Crippen molar-refractivity contribution in [3.8, 4) is 11.5 Å². The van der Waals surface area contributed by atoms with Gasteiger partial charge in [0.1, 0.15) is 36.7 Å². The van der Waals surface area contributed by atoms with Crippen molar-refractivity contribution < 1.29 is 28.4 Å². The van der Waals surface area contributed by atoms with E-state index in [0.29, 0.717) is 69.8 Å². The number of anilines is 6. The second-order valence-electron chi connectivity index (χ2n) is 18.5. The van der Waals surface area contributed by atoms with Gasteiger partial charge < -0.3 is 39.2 Å². The molecule has 0 bridgehead atoms. The first kappa shape index (κ1) is 48.8. The average Bonchev–Trinajstić information content (AvgIpc) is 3.28. The van der Waals surface area contributed by atoms with E-state index < -0.39 is 15.2 Å². The molecule has 0 aliphatic carbocycles. The van der Waals surface area contributed by atoms with Crippen LogP contribution in [0.3, 0.4) is 0 Å². The highest BCUT2D eigenvalue weighted by atomic mass is 79.9. The summed E-state index contributed by atoms with van der Waals surface area (Å²) in [4.78, 5) is 51.7. The third-order valence-corrected chi connectivity index (χ3v) is 15.8. The molecule has 2 fully saturated rings. The summed E-state index contributed by atoms with van der Waals surface area (Å²) >= 11 is 3.58. The Balaban J connectivity index is 0.885. The van der Waals surface area contributed by atoms with Crippen molar-refractivity contribution in [3.63, 3.8) is 0 Å². The molecule has 0 unspecified atom stereocenters. The van der Waals surface area contributed by atoms with E-state index in [0.717, 1.165) is 73.3 Å². The van der Waals surface area contributed by atoms with Crippen LogP contribution in [0.4, 0.5) is 39.3 Å². The fraction of sp³-hybridized carbons (Fsp3) is 0.447. The number of aryl methyl sites for hydroxylation is 1. The Morgan fingerprint density at radius 3 is 2.39 bits per heavy atom. The monoisotopic (exact) mass is 1000 g/mol. The van der Waals surface area contributed by atoms with E-state index in [1.165, 1.54) is 4.90 Å². The lowest BCUT2D eigenvalue weighted by Gasteiger charge is -2.38. The van der Waals surface area contributed by atoms with Crippen molar-refractivity contribution in [3.05, 3.63) is 77.2 Å². The Morgan fingerprint density at radius 2 is 1.68 bits per heavy atom. The van der Waals surface area contributed by atoms with E-state index in [2.05, 4.69) is 97.1 Å². The zero-order valence-electron chi connectivity index (χ0n) is 39.3. The van der Waals surface area contributed by atoms with Crippen LogP contribution in [0.15, 0.2) is 71.6 Å². The second kappa shape index (κ2) is 21.2. The number of hydrogen-bond donors (Lipinski definition) is 2.